The summed E-state index contributed by atoms with van der Waals surface area (Å²) in [5.74, 6) is 1.37. The predicted molar refractivity (Wildman–Crippen MR) is 128 cm³/mol. The van der Waals surface area contributed by atoms with Gasteiger partial charge >= 0.3 is 0 Å². The molecule has 0 fully saturated rings. The van der Waals surface area contributed by atoms with Crippen LogP contribution in [0.4, 0.5) is 0 Å². The number of ether oxygens (including phenoxy) is 2. The van der Waals surface area contributed by atoms with E-state index in [0.29, 0.717) is 11.5 Å². The summed E-state index contributed by atoms with van der Waals surface area (Å²) in [5, 5.41) is 9.88. The second-order valence-corrected chi connectivity index (χ2v) is 9.03. The smallest absolute Gasteiger partial charge is 0.161 e. The molecule has 4 rings (SSSR count). The van der Waals surface area contributed by atoms with E-state index in [2.05, 4.69) is 54.4 Å². The van der Waals surface area contributed by atoms with Crippen LogP contribution in [0.2, 0.25) is 0 Å². The first-order chi connectivity index (χ1) is 15.5. The minimum absolute atomic E-state index is 0.210. The van der Waals surface area contributed by atoms with E-state index in [1.807, 2.05) is 29.1 Å². The standard InChI is InChI=1S/C24H29N5O2S/c1-6-16-7-9-19-22(13-16)32-24(25-19)23(17-8-10-20(30-4)21(14-17)31-5)29-15-18(26-27-29)11-12-28(2)3/h7-10,13-15,23H,6,11-12H2,1-5H3. The Morgan fingerprint density at radius 2 is 1.88 bits per heavy atom. The number of rotatable bonds is 9. The van der Waals surface area contributed by atoms with Gasteiger partial charge < -0.3 is 14.4 Å². The van der Waals surface area contributed by atoms with Gasteiger partial charge in [0.15, 0.2) is 11.5 Å². The number of likely N-dealkylation sites (N-methyl/N-ethyl adjacent to an activating group) is 1. The van der Waals surface area contributed by atoms with Crippen LogP contribution >= 0.6 is 11.3 Å². The fraction of sp³-hybridized carbons (Fsp3) is 0.375. The maximum Gasteiger partial charge on any atom is 0.161 e. The Morgan fingerprint density at radius 3 is 2.59 bits per heavy atom. The lowest BCUT2D eigenvalue weighted by molar-refractivity contribution is 0.354. The summed E-state index contributed by atoms with van der Waals surface area (Å²) < 4.78 is 14.1. The highest BCUT2D eigenvalue weighted by Crippen LogP contribution is 2.37. The highest BCUT2D eigenvalue weighted by Gasteiger charge is 2.24. The van der Waals surface area contributed by atoms with Crippen LogP contribution in [0.3, 0.4) is 0 Å². The van der Waals surface area contributed by atoms with Crippen molar-refractivity contribution >= 4 is 21.6 Å². The van der Waals surface area contributed by atoms with Gasteiger partial charge in [-0.2, -0.15) is 0 Å². The SMILES string of the molecule is CCc1ccc2nc(C(c3ccc(OC)c(OC)c3)n3cc(CCN(C)C)nn3)sc2c1. The number of aryl methyl sites for hydroxylation is 1. The van der Waals surface area contributed by atoms with Crippen molar-refractivity contribution in [3.05, 3.63) is 64.4 Å². The molecule has 2 aromatic carbocycles. The van der Waals surface area contributed by atoms with Crippen molar-refractivity contribution in [2.45, 2.75) is 25.8 Å². The maximum absolute atomic E-state index is 5.57. The quantitative estimate of drug-likeness (QED) is 0.380. The largest absolute Gasteiger partial charge is 0.493 e. The lowest BCUT2D eigenvalue weighted by atomic mass is 10.1. The van der Waals surface area contributed by atoms with Crippen LogP contribution < -0.4 is 9.47 Å². The van der Waals surface area contributed by atoms with Gasteiger partial charge in [0, 0.05) is 19.2 Å². The Labute approximate surface area is 192 Å². The fourth-order valence-corrected chi connectivity index (χ4v) is 4.80. The highest BCUT2D eigenvalue weighted by molar-refractivity contribution is 7.18. The van der Waals surface area contributed by atoms with Crippen LogP contribution in [0.1, 0.15) is 34.8 Å². The molecular weight excluding hydrogens is 422 g/mol. The molecule has 168 valence electrons. The minimum atomic E-state index is -0.210. The van der Waals surface area contributed by atoms with E-state index in [9.17, 15) is 0 Å². The molecular formula is C24H29N5O2S. The van der Waals surface area contributed by atoms with Crippen LogP contribution in [-0.4, -0.2) is 59.7 Å². The van der Waals surface area contributed by atoms with Gasteiger partial charge in [-0.3, -0.25) is 0 Å². The molecule has 0 amide bonds. The zero-order valence-corrected chi connectivity index (χ0v) is 20.0. The van der Waals surface area contributed by atoms with Crippen molar-refractivity contribution in [3.63, 3.8) is 0 Å². The van der Waals surface area contributed by atoms with Crippen molar-refractivity contribution in [1.82, 2.24) is 24.9 Å². The monoisotopic (exact) mass is 451 g/mol. The van der Waals surface area contributed by atoms with Crippen LogP contribution in [0.25, 0.3) is 10.2 Å². The number of fused-ring (bicyclic) bond motifs is 1. The molecule has 2 heterocycles. The van der Waals surface area contributed by atoms with Crippen molar-refractivity contribution < 1.29 is 9.47 Å². The van der Waals surface area contributed by atoms with E-state index < -0.39 is 0 Å². The topological polar surface area (TPSA) is 65.3 Å². The van der Waals surface area contributed by atoms with Crippen molar-refractivity contribution in [2.24, 2.45) is 0 Å². The van der Waals surface area contributed by atoms with Crippen LogP contribution in [0, 0.1) is 0 Å². The Hall–Kier alpha value is -2.97. The van der Waals surface area contributed by atoms with E-state index in [-0.39, 0.29) is 6.04 Å². The van der Waals surface area contributed by atoms with Gasteiger partial charge in [0.2, 0.25) is 0 Å². The van der Waals surface area contributed by atoms with E-state index in [4.69, 9.17) is 14.5 Å². The second kappa shape index (κ2) is 9.67. The van der Waals surface area contributed by atoms with E-state index in [1.54, 1.807) is 25.6 Å². The lowest BCUT2D eigenvalue weighted by Gasteiger charge is -2.17. The van der Waals surface area contributed by atoms with Gasteiger partial charge in [0.25, 0.3) is 0 Å². The second-order valence-electron chi connectivity index (χ2n) is 7.97. The zero-order valence-electron chi connectivity index (χ0n) is 19.2. The molecule has 0 radical (unpaired) electrons. The molecule has 0 aliphatic heterocycles. The molecule has 8 heteroatoms. The summed E-state index contributed by atoms with van der Waals surface area (Å²) >= 11 is 1.70. The van der Waals surface area contributed by atoms with Crippen molar-refractivity contribution in [2.75, 3.05) is 34.9 Å². The molecule has 32 heavy (non-hydrogen) atoms. The highest BCUT2D eigenvalue weighted by atomic mass is 32.1. The minimum Gasteiger partial charge on any atom is -0.493 e. The Balaban J connectivity index is 1.80. The van der Waals surface area contributed by atoms with Gasteiger partial charge in [-0.25, -0.2) is 9.67 Å². The molecule has 0 N–H and O–H groups in total. The number of hydrogen-bond acceptors (Lipinski definition) is 7. The molecule has 0 bridgehead atoms. The third kappa shape index (κ3) is 4.61. The van der Waals surface area contributed by atoms with Gasteiger partial charge in [0.05, 0.1) is 30.1 Å². The van der Waals surface area contributed by atoms with Gasteiger partial charge in [-0.15, -0.1) is 16.4 Å². The number of benzene rings is 2. The summed E-state index contributed by atoms with van der Waals surface area (Å²) in [7, 11) is 7.41. The molecule has 2 aromatic heterocycles. The third-order valence-corrected chi connectivity index (χ3v) is 6.54. The predicted octanol–water partition coefficient (Wildman–Crippen LogP) is 4.21. The molecule has 1 atom stereocenters. The summed E-state index contributed by atoms with van der Waals surface area (Å²) in [6, 6.07) is 12.2. The lowest BCUT2D eigenvalue weighted by Crippen LogP contribution is -2.15. The van der Waals surface area contributed by atoms with Crippen LogP contribution in [0.15, 0.2) is 42.6 Å². The Kier molecular flexibility index (Phi) is 6.72. The summed E-state index contributed by atoms with van der Waals surface area (Å²) in [6.07, 6.45) is 3.86. The van der Waals surface area contributed by atoms with Gasteiger partial charge in [-0.05, 0) is 55.9 Å². The van der Waals surface area contributed by atoms with E-state index in [1.165, 1.54) is 10.3 Å². The first-order valence-corrected chi connectivity index (χ1v) is 11.5. The summed E-state index contributed by atoms with van der Waals surface area (Å²) in [6.45, 7) is 3.08. The molecule has 0 aliphatic rings. The number of hydrogen-bond donors (Lipinski definition) is 0. The first kappa shape index (κ1) is 22.2. The summed E-state index contributed by atoms with van der Waals surface area (Å²) in [5.41, 5.74) is 4.28. The van der Waals surface area contributed by atoms with Crippen molar-refractivity contribution in [1.29, 1.82) is 0 Å². The van der Waals surface area contributed by atoms with Crippen LogP contribution in [-0.2, 0) is 12.8 Å². The van der Waals surface area contributed by atoms with Crippen LogP contribution in [0.5, 0.6) is 11.5 Å². The summed E-state index contributed by atoms with van der Waals surface area (Å²) in [4.78, 5) is 7.11. The number of nitrogens with zero attached hydrogens (tertiary/aromatic N) is 5. The molecule has 0 spiro atoms. The van der Waals surface area contributed by atoms with E-state index >= 15 is 0 Å². The van der Waals surface area contributed by atoms with Gasteiger partial charge in [0.1, 0.15) is 11.0 Å². The number of thiazole rings is 1. The van der Waals surface area contributed by atoms with Gasteiger partial charge in [-0.1, -0.05) is 24.3 Å². The zero-order chi connectivity index (χ0) is 22.7. The number of aromatic nitrogens is 4. The Morgan fingerprint density at radius 1 is 1.06 bits per heavy atom. The first-order valence-electron chi connectivity index (χ1n) is 10.7. The van der Waals surface area contributed by atoms with E-state index in [0.717, 1.165) is 41.2 Å². The molecule has 4 aromatic rings. The Bertz CT molecular complexity index is 1200. The molecule has 0 saturated heterocycles. The average Bonchev–Trinajstić information content (AvgIpc) is 3.44. The molecule has 0 saturated carbocycles. The average molecular weight is 452 g/mol. The maximum atomic E-state index is 5.57. The fourth-order valence-electron chi connectivity index (χ4n) is 3.65. The number of methoxy groups -OCH3 is 2. The molecule has 0 aliphatic carbocycles. The third-order valence-electron chi connectivity index (χ3n) is 5.47. The molecule has 1 unspecified atom stereocenters. The molecule has 7 nitrogen and oxygen atoms in total. The normalized spacial score (nSPS) is 12.4. The van der Waals surface area contributed by atoms with Crippen molar-refractivity contribution in [3.8, 4) is 11.5 Å².